The lowest BCUT2D eigenvalue weighted by Gasteiger charge is -2.44. The standard InChI is InChI=1S/C26H35BrO3/c1-18(21-13-14-22-20(17-27)12-8-15-25(21,22)2)9-7-16-26(3)24(28)29-23(30-26)19-10-5-4-6-11-19/h4-6,10-11,17-18,21-23H,7-9,12-16H2,1-3H3/t18-,21-,22?,23-,25+,26-/m1/s1. The van der Waals surface area contributed by atoms with E-state index in [2.05, 4.69) is 34.8 Å². The predicted octanol–water partition coefficient (Wildman–Crippen LogP) is 7.32. The quantitative estimate of drug-likeness (QED) is 0.405. The van der Waals surface area contributed by atoms with Gasteiger partial charge >= 0.3 is 5.97 Å². The molecule has 3 nitrogen and oxygen atoms in total. The van der Waals surface area contributed by atoms with E-state index >= 15 is 0 Å². The van der Waals surface area contributed by atoms with Crippen molar-refractivity contribution in [1.82, 2.24) is 0 Å². The zero-order valence-corrected chi connectivity index (χ0v) is 20.1. The van der Waals surface area contributed by atoms with Gasteiger partial charge in [0, 0.05) is 5.56 Å². The van der Waals surface area contributed by atoms with E-state index in [9.17, 15) is 4.79 Å². The van der Waals surface area contributed by atoms with Crippen molar-refractivity contribution in [2.45, 2.75) is 84.0 Å². The Hall–Kier alpha value is -1.13. The molecule has 0 aromatic heterocycles. The van der Waals surface area contributed by atoms with E-state index in [1.165, 1.54) is 32.1 Å². The van der Waals surface area contributed by atoms with Crippen LogP contribution in [0, 0.1) is 23.2 Å². The van der Waals surface area contributed by atoms with Crippen molar-refractivity contribution in [3.05, 3.63) is 46.5 Å². The Bertz CT molecular complexity index is 791. The molecule has 0 spiro atoms. The second kappa shape index (κ2) is 8.78. The van der Waals surface area contributed by atoms with Crippen LogP contribution in [0.2, 0.25) is 0 Å². The van der Waals surface area contributed by atoms with Crippen LogP contribution in [0.5, 0.6) is 0 Å². The van der Waals surface area contributed by atoms with Gasteiger partial charge in [-0.1, -0.05) is 72.1 Å². The minimum atomic E-state index is -0.834. The van der Waals surface area contributed by atoms with E-state index < -0.39 is 11.9 Å². The Morgan fingerprint density at radius 2 is 2.00 bits per heavy atom. The van der Waals surface area contributed by atoms with E-state index in [-0.39, 0.29) is 5.97 Å². The van der Waals surface area contributed by atoms with Gasteiger partial charge in [0.1, 0.15) is 0 Å². The molecule has 1 aromatic carbocycles. The summed E-state index contributed by atoms with van der Waals surface area (Å²) in [4.78, 5) is 14.8. The number of hydrogen-bond acceptors (Lipinski definition) is 3. The van der Waals surface area contributed by atoms with Crippen molar-refractivity contribution < 1.29 is 14.3 Å². The van der Waals surface area contributed by atoms with Gasteiger partial charge < -0.3 is 9.47 Å². The third-order valence-electron chi connectivity index (χ3n) is 8.26. The Balaban J connectivity index is 1.33. The molecule has 3 aliphatic rings. The smallest absolute Gasteiger partial charge is 0.340 e. The average Bonchev–Trinajstić information content (AvgIpc) is 3.25. The Kier molecular flexibility index (Phi) is 6.46. The molecule has 0 N–H and O–H groups in total. The maximum Gasteiger partial charge on any atom is 0.340 e. The summed E-state index contributed by atoms with van der Waals surface area (Å²) in [5.74, 6) is 1.96. The average molecular weight is 475 g/mol. The molecule has 4 rings (SSSR count). The summed E-state index contributed by atoms with van der Waals surface area (Å²) >= 11 is 3.62. The van der Waals surface area contributed by atoms with Gasteiger partial charge in [0.25, 0.3) is 0 Å². The van der Waals surface area contributed by atoms with E-state index in [0.717, 1.165) is 36.7 Å². The van der Waals surface area contributed by atoms with Crippen molar-refractivity contribution >= 4 is 21.9 Å². The summed E-state index contributed by atoms with van der Waals surface area (Å²) in [7, 11) is 0. The molecule has 4 heteroatoms. The number of ether oxygens (including phenoxy) is 2. The number of carbonyl (C=O) groups excluding carboxylic acids is 1. The minimum absolute atomic E-state index is 0.226. The van der Waals surface area contributed by atoms with Gasteiger partial charge in [0.2, 0.25) is 6.29 Å². The first kappa shape index (κ1) is 22.1. The molecule has 6 atom stereocenters. The fourth-order valence-electron chi connectivity index (χ4n) is 6.55. The third kappa shape index (κ3) is 4.02. The van der Waals surface area contributed by atoms with Crippen LogP contribution in [-0.4, -0.2) is 11.6 Å². The molecule has 30 heavy (non-hydrogen) atoms. The monoisotopic (exact) mass is 474 g/mol. The number of halogens is 1. The molecule has 1 aromatic rings. The lowest BCUT2D eigenvalue weighted by molar-refractivity contribution is -0.145. The molecule has 2 aliphatic carbocycles. The number of cyclic esters (lactones) is 1. The van der Waals surface area contributed by atoms with E-state index in [0.29, 0.717) is 11.3 Å². The molecule has 1 aliphatic heterocycles. The Labute approximate surface area is 189 Å². The van der Waals surface area contributed by atoms with Gasteiger partial charge in [-0.3, -0.25) is 0 Å². The molecular weight excluding hydrogens is 440 g/mol. The highest BCUT2D eigenvalue weighted by molar-refractivity contribution is 9.11. The van der Waals surface area contributed by atoms with Crippen LogP contribution in [-0.2, 0) is 14.3 Å². The Morgan fingerprint density at radius 3 is 2.73 bits per heavy atom. The molecule has 0 amide bonds. The fourth-order valence-corrected chi connectivity index (χ4v) is 7.09. The van der Waals surface area contributed by atoms with Crippen LogP contribution in [0.25, 0.3) is 0 Å². The molecule has 2 saturated carbocycles. The normalized spacial score (nSPS) is 38.5. The van der Waals surface area contributed by atoms with Crippen LogP contribution < -0.4 is 0 Å². The van der Waals surface area contributed by atoms with E-state index in [1.54, 1.807) is 5.57 Å². The maximum atomic E-state index is 12.6. The fraction of sp³-hybridized carbons (Fsp3) is 0.654. The molecular formula is C26H35BrO3. The molecule has 1 unspecified atom stereocenters. The first-order valence-corrected chi connectivity index (χ1v) is 12.5. The lowest BCUT2D eigenvalue weighted by atomic mass is 9.61. The van der Waals surface area contributed by atoms with Crippen LogP contribution in [0.1, 0.15) is 84.0 Å². The zero-order valence-electron chi connectivity index (χ0n) is 18.5. The summed E-state index contributed by atoms with van der Waals surface area (Å²) < 4.78 is 11.7. The number of fused-ring (bicyclic) bond motifs is 1. The number of hydrogen-bond donors (Lipinski definition) is 0. The highest BCUT2D eigenvalue weighted by atomic mass is 79.9. The number of esters is 1. The van der Waals surface area contributed by atoms with E-state index in [1.807, 2.05) is 37.3 Å². The molecule has 0 bridgehead atoms. The minimum Gasteiger partial charge on any atom is -0.429 e. The third-order valence-corrected chi connectivity index (χ3v) is 8.85. The van der Waals surface area contributed by atoms with Crippen LogP contribution in [0.15, 0.2) is 40.9 Å². The molecule has 3 fully saturated rings. The first-order valence-electron chi connectivity index (χ1n) is 11.6. The van der Waals surface area contributed by atoms with Gasteiger partial charge in [-0.15, -0.1) is 0 Å². The summed E-state index contributed by atoms with van der Waals surface area (Å²) in [5, 5.41) is 0. The van der Waals surface area contributed by atoms with Crippen molar-refractivity contribution in [1.29, 1.82) is 0 Å². The van der Waals surface area contributed by atoms with Gasteiger partial charge in [0.05, 0.1) is 0 Å². The van der Waals surface area contributed by atoms with Crippen molar-refractivity contribution in [2.24, 2.45) is 23.2 Å². The number of benzene rings is 1. The predicted molar refractivity (Wildman–Crippen MR) is 123 cm³/mol. The van der Waals surface area contributed by atoms with Gasteiger partial charge in [-0.2, -0.15) is 0 Å². The molecule has 0 radical (unpaired) electrons. The summed E-state index contributed by atoms with van der Waals surface area (Å²) in [6.07, 6.45) is 8.86. The highest BCUT2D eigenvalue weighted by Crippen LogP contribution is 2.60. The Morgan fingerprint density at radius 1 is 1.23 bits per heavy atom. The van der Waals surface area contributed by atoms with Crippen molar-refractivity contribution in [2.75, 3.05) is 0 Å². The van der Waals surface area contributed by atoms with Gasteiger partial charge in [-0.25, -0.2) is 4.79 Å². The molecule has 164 valence electrons. The summed E-state index contributed by atoms with van der Waals surface area (Å²) in [5.41, 5.74) is 2.13. The van der Waals surface area contributed by atoms with Crippen molar-refractivity contribution in [3.63, 3.8) is 0 Å². The second-order valence-electron chi connectivity index (χ2n) is 10.1. The van der Waals surface area contributed by atoms with Crippen LogP contribution in [0.3, 0.4) is 0 Å². The van der Waals surface area contributed by atoms with Gasteiger partial charge in [-0.05, 0) is 80.0 Å². The lowest BCUT2D eigenvalue weighted by Crippen LogP contribution is -2.36. The SMILES string of the molecule is C[C@H](CCC[C@@]1(C)O[C@H](c2ccccc2)OC1=O)[C@H]1CCC2C(=CBr)CCC[C@]21C. The largest absolute Gasteiger partial charge is 0.429 e. The van der Waals surface area contributed by atoms with Crippen LogP contribution >= 0.6 is 15.9 Å². The highest BCUT2D eigenvalue weighted by Gasteiger charge is 2.51. The maximum absolute atomic E-state index is 12.6. The molecule has 1 saturated heterocycles. The summed E-state index contributed by atoms with van der Waals surface area (Å²) in [6.45, 7) is 6.85. The van der Waals surface area contributed by atoms with Crippen LogP contribution in [0.4, 0.5) is 0 Å². The number of carbonyl (C=O) groups is 1. The summed E-state index contributed by atoms with van der Waals surface area (Å²) in [6, 6.07) is 9.74. The van der Waals surface area contributed by atoms with E-state index in [4.69, 9.17) is 9.47 Å². The number of rotatable bonds is 6. The van der Waals surface area contributed by atoms with Crippen molar-refractivity contribution in [3.8, 4) is 0 Å². The first-order chi connectivity index (χ1) is 14.4. The zero-order chi connectivity index (χ0) is 21.4. The second-order valence-corrected chi connectivity index (χ2v) is 10.6. The number of allylic oxidation sites excluding steroid dienone is 1. The van der Waals surface area contributed by atoms with Gasteiger partial charge in [0.15, 0.2) is 5.60 Å². The topological polar surface area (TPSA) is 35.5 Å². The molecule has 1 heterocycles.